The Bertz CT molecular complexity index is 391. The Labute approximate surface area is 102 Å². The topological polar surface area (TPSA) is 64.3 Å². The molecule has 0 bridgehead atoms. The lowest BCUT2D eigenvalue weighted by atomic mass is 10.1. The van der Waals surface area contributed by atoms with Crippen LogP contribution in [0.5, 0.6) is 5.75 Å². The number of carbonyl (C=O) groups excluding carboxylic acids is 1. The molecular formula is C13H20N2O2. The predicted octanol–water partition coefficient (Wildman–Crippen LogP) is 2.20. The van der Waals surface area contributed by atoms with Crippen molar-refractivity contribution in [2.45, 2.75) is 33.2 Å². The standard InChI is InChI=1S/C13H20N2O2/c1-4-9(3)15-13(16)10-6-7-12(17-5-2)11(14)8-10/h6-9H,4-5,14H2,1-3H3,(H,15,16)/t9-/m1/s1. The molecule has 0 aliphatic heterocycles. The summed E-state index contributed by atoms with van der Waals surface area (Å²) >= 11 is 0. The van der Waals surface area contributed by atoms with E-state index < -0.39 is 0 Å². The van der Waals surface area contributed by atoms with Crippen LogP contribution in [0.1, 0.15) is 37.6 Å². The monoisotopic (exact) mass is 236 g/mol. The van der Waals surface area contributed by atoms with Crippen LogP contribution in [-0.2, 0) is 0 Å². The summed E-state index contributed by atoms with van der Waals surface area (Å²) in [6.45, 7) is 6.44. The number of hydrogen-bond donors (Lipinski definition) is 2. The molecule has 0 aliphatic rings. The van der Waals surface area contributed by atoms with Crippen LogP contribution in [0.2, 0.25) is 0 Å². The summed E-state index contributed by atoms with van der Waals surface area (Å²) in [4.78, 5) is 11.8. The Balaban J connectivity index is 2.79. The number of nitrogens with one attached hydrogen (secondary N) is 1. The summed E-state index contributed by atoms with van der Waals surface area (Å²) < 4.78 is 5.32. The first-order valence-electron chi connectivity index (χ1n) is 5.91. The summed E-state index contributed by atoms with van der Waals surface area (Å²) in [5.74, 6) is 0.515. The van der Waals surface area contributed by atoms with Crippen LogP contribution < -0.4 is 15.8 Å². The molecule has 0 spiro atoms. The van der Waals surface area contributed by atoms with E-state index in [4.69, 9.17) is 10.5 Å². The molecular weight excluding hydrogens is 216 g/mol. The second-order valence-electron chi connectivity index (χ2n) is 3.97. The lowest BCUT2D eigenvalue weighted by Crippen LogP contribution is -2.31. The zero-order chi connectivity index (χ0) is 12.8. The quantitative estimate of drug-likeness (QED) is 0.770. The Morgan fingerprint density at radius 1 is 1.47 bits per heavy atom. The van der Waals surface area contributed by atoms with Crippen molar-refractivity contribution in [1.29, 1.82) is 0 Å². The van der Waals surface area contributed by atoms with Gasteiger partial charge in [-0.1, -0.05) is 6.92 Å². The van der Waals surface area contributed by atoms with E-state index in [-0.39, 0.29) is 11.9 Å². The molecule has 0 fully saturated rings. The van der Waals surface area contributed by atoms with Gasteiger partial charge in [-0.15, -0.1) is 0 Å². The van der Waals surface area contributed by atoms with Crippen molar-refractivity contribution in [1.82, 2.24) is 5.32 Å². The van der Waals surface area contributed by atoms with E-state index in [1.165, 1.54) is 0 Å². The van der Waals surface area contributed by atoms with Crippen molar-refractivity contribution in [3.63, 3.8) is 0 Å². The van der Waals surface area contributed by atoms with Gasteiger partial charge < -0.3 is 15.8 Å². The van der Waals surface area contributed by atoms with Crippen LogP contribution >= 0.6 is 0 Å². The van der Waals surface area contributed by atoms with E-state index in [1.54, 1.807) is 18.2 Å². The number of rotatable bonds is 5. The molecule has 0 saturated heterocycles. The Morgan fingerprint density at radius 3 is 2.71 bits per heavy atom. The molecule has 0 unspecified atom stereocenters. The second kappa shape index (κ2) is 6.13. The van der Waals surface area contributed by atoms with Crippen LogP contribution in [0.25, 0.3) is 0 Å². The molecule has 0 aromatic heterocycles. The highest BCUT2D eigenvalue weighted by Crippen LogP contribution is 2.22. The van der Waals surface area contributed by atoms with Crippen LogP contribution in [-0.4, -0.2) is 18.6 Å². The maximum absolute atomic E-state index is 11.8. The van der Waals surface area contributed by atoms with E-state index in [0.717, 1.165) is 6.42 Å². The Kier molecular flexibility index (Phi) is 4.82. The molecule has 1 rings (SSSR count). The lowest BCUT2D eigenvalue weighted by molar-refractivity contribution is 0.0939. The number of ether oxygens (including phenoxy) is 1. The van der Waals surface area contributed by atoms with Crippen molar-refractivity contribution in [3.05, 3.63) is 23.8 Å². The molecule has 4 heteroatoms. The molecule has 1 amide bonds. The van der Waals surface area contributed by atoms with E-state index in [2.05, 4.69) is 5.32 Å². The van der Waals surface area contributed by atoms with Gasteiger partial charge in [0.25, 0.3) is 5.91 Å². The van der Waals surface area contributed by atoms with Gasteiger partial charge in [-0.25, -0.2) is 0 Å². The average molecular weight is 236 g/mol. The minimum Gasteiger partial charge on any atom is -0.492 e. The highest BCUT2D eigenvalue weighted by Gasteiger charge is 2.10. The third-order valence-electron chi connectivity index (χ3n) is 2.56. The fraction of sp³-hybridized carbons (Fsp3) is 0.462. The fourth-order valence-electron chi connectivity index (χ4n) is 1.39. The summed E-state index contributed by atoms with van der Waals surface area (Å²) in [5.41, 5.74) is 6.85. The first kappa shape index (κ1) is 13.4. The van der Waals surface area contributed by atoms with Gasteiger partial charge in [-0.3, -0.25) is 4.79 Å². The van der Waals surface area contributed by atoms with E-state index in [1.807, 2.05) is 20.8 Å². The van der Waals surface area contributed by atoms with Crippen molar-refractivity contribution >= 4 is 11.6 Å². The maximum atomic E-state index is 11.8. The van der Waals surface area contributed by atoms with E-state index >= 15 is 0 Å². The third-order valence-corrected chi connectivity index (χ3v) is 2.56. The summed E-state index contributed by atoms with van der Waals surface area (Å²) in [7, 11) is 0. The first-order valence-corrected chi connectivity index (χ1v) is 5.91. The van der Waals surface area contributed by atoms with Gasteiger partial charge in [0.15, 0.2) is 0 Å². The number of hydrogen-bond acceptors (Lipinski definition) is 3. The summed E-state index contributed by atoms with van der Waals surface area (Å²) in [6.07, 6.45) is 0.901. The predicted molar refractivity (Wildman–Crippen MR) is 69.2 cm³/mol. The van der Waals surface area contributed by atoms with Gasteiger partial charge in [0.1, 0.15) is 5.75 Å². The number of nitrogen functional groups attached to an aromatic ring is 1. The van der Waals surface area contributed by atoms with Crippen LogP contribution in [0.3, 0.4) is 0 Å². The van der Waals surface area contributed by atoms with Crippen molar-refractivity contribution < 1.29 is 9.53 Å². The van der Waals surface area contributed by atoms with Crippen LogP contribution in [0.15, 0.2) is 18.2 Å². The van der Waals surface area contributed by atoms with Gasteiger partial charge in [0.05, 0.1) is 12.3 Å². The number of nitrogens with two attached hydrogens (primary N) is 1. The largest absolute Gasteiger partial charge is 0.492 e. The SMILES string of the molecule is CCOc1ccc(C(=O)N[C@H](C)CC)cc1N. The smallest absolute Gasteiger partial charge is 0.251 e. The normalized spacial score (nSPS) is 11.9. The number of amides is 1. The Morgan fingerprint density at radius 2 is 2.18 bits per heavy atom. The van der Waals surface area contributed by atoms with Crippen molar-refractivity contribution in [2.75, 3.05) is 12.3 Å². The molecule has 0 aliphatic carbocycles. The van der Waals surface area contributed by atoms with E-state index in [0.29, 0.717) is 23.6 Å². The third kappa shape index (κ3) is 3.66. The van der Waals surface area contributed by atoms with Crippen LogP contribution in [0, 0.1) is 0 Å². The Hall–Kier alpha value is -1.71. The average Bonchev–Trinajstić information content (AvgIpc) is 2.31. The lowest BCUT2D eigenvalue weighted by Gasteiger charge is -2.12. The van der Waals surface area contributed by atoms with Gasteiger partial charge >= 0.3 is 0 Å². The molecule has 0 heterocycles. The summed E-state index contributed by atoms with van der Waals surface area (Å²) in [5, 5.41) is 2.89. The molecule has 0 saturated carbocycles. The minimum atomic E-state index is -0.103. The second-order valence-corrected chi connectivity index (χ2v) is 3.97. The molecule has 1 aromatic carbocycles. The zero-order valence-electron chi connectivity index (χ0n) is 10.6. The van der Waals surface area contributed by atoms with Gasteiger partial charge in [0.2, 0.25) is 0 Å². The number of carbonyl (C=O) groups is 1. The molecule has 4 nitrogen and oxygen atoms in total. The number of anilines is 1. The van der Waals surface area contributed by atoms with E-state index in [9.17, 15) is 4.79 Å². The number of benzene rings is 1. The maximum Gasteiger partial charge on any atom is 0.251 e. The molecule has 94 valence electrons. The molecule has 1 aromatic rings. The highest BCUT2D eigenvalue weighted by molar-refractivity contribution is 5.95. The highest BCUT2D eigenvalue weighted by atomic mass is 16.5. The molecule has 0 radical (unpaired) electrons. The fourth-order valence-corrected chi connectivity index (χ4v) is 1.39. The molecule has 17 heavy (non-hydrogen) atoms. The molecule has 3 N–H and O–H groups in total. The van der Waals surface area contributed by atoms with Crippen molar-refractivity contribution in [2.24, 2.45) is 0 Å². The zero-order valence-corrected chi connectivity index (χ0v) is 10.6. The molecule has 1 atom stereocenters. The van der Waals surface area contributed by atoms with Gasteiger partial charge in [-0.05, 0) is 38.5 Å². The first-order chi connectivity index (χ1) is 8.08. The van der Waals surface area contributed by atoms with Crippen LogP contribution in [0.4, 0.5) is 5.69 Å². The minimum absolute atomic E-state index is 0.103. The van der Waals surface area contributed by atoms with Crippen molar-refractivity contribution in [3.8, 4) is 5.75 Å². The van der Waals surface area contributed by atoms with Gasteiger partial charge in [0, 0.05) is 11.6 Å². The van der Waals surface area contributed by atoms with Gasteiger partial charge in [-0.2, -0.15) is 0 Å². The summed E-state index contributed by atoms with van der Waals surface area (Å²) in [6, 6.07) is 5.25.